The zero-order valence-electron chi connectivity index (χ0n) is 14.0. The summed E-state index contributed by atoms with van der Waals surface area (Å²) in [5, 5.41) is 3.94. The summed E-state index contributed by atoms with van der Waals surface area (Å²) in [6, 6.07) is 16.7. The predicted molar refractivity (Wildman–Crippen MR) is 99.0 cm³/mol. The first-order valence-corrected chi connectivity index (χ1v) is 8.76. The highest BCUT2D eigenvalue weighted by Gasteiger charge is 2.14. The number of ether oxygens (including phenoxy) is 1. The fourth-order valence-electron chi connectivity index (χ4n) is 3.25. The van der Waals surface area contributed by atoms with E-state index < -0.39 is 0 Å². The van der Waals surface area contributed by atoms with Crippen LogP contribution in [0.2, 0.25) is 0 Å². The molecule has 3 aromatic rings. The first-order chi connectivity index (χ1) is 12.3. The van der Waals surface area contributed by atoms with E-state index in [2.05, 4.69) is 5.32 Å². The second-order valence-electron chi connectivity index (χ2n) is 6.52. The van der Waals surface area contributed by atoms with Crippen molar-refractivity contribution in [2.45, 2.75) is 12.8 Å². The summed E-state index contributed by atoms with van der Waals surface area (Å²) in [5.74, 6) is 1.83. The Morgan fingerprint density at radius 3 is 2.80 bits per heavy atom. The van der Waals surface area contributed by atoms with E-state index in [9.17, 15) is 4.79 Å². The van der Waals surface area contributed by atoms with Gasteiger partial charge < -0.3 is 14.5 Å². The second kappa shape index (κ2) is 7.11. The highest BCUT2D eigenvalue weighted by molar-refractivity contribution is 5.80. The summed E-state index contributed by atoms with van der Waals surface area (Å²) in [5.41, 5.74) is 1.43. The third kappa shape index (κ3) is 3.59. The Morgan fingerprint density at radius 1 is 1.12 bits per heavy atom. The fraction of sp³-hybridized carbons (Fsp3) is 0.286. The smallest absolute Gasteiger partial charge is 0.193 e. The molecule has 0 amide bonds. The molecule has 1 N–H and O–H groups in total. The molecule has 1 unspecified atom stereocenters. The summed E-state index contributed by atoms with van der Waals surface area (Å²) in [6.45, 7) is 2.76. The summed E-state index contributed by atoms with van der Waals surface area (Å²) < 4.78 is 11.8. The number of fused-ring (bicyclic) bond motifs is 1. The molecule has 0 saturated carbocycles. The Bertz CT molecular complexity index is 911. The van der Waals surface area contributed by atoms with Crippen LogP contribution in [0.4, 0.5) is 0 Å². The molecule has 4 nitrogen and oxygen atoms in total. The SMILES string of the molecule is O=c1cc(-c2ccccc2)oc2ccc(OCC3CCCNC3)cc12. The third-order valence-corrected chi connectivity index (χ3v) is 4.64. The minimum absolute atomic E-state index is 0.0510. The van der Waals surface area contributed by atoms with E-state index in [1.165, 1.54) is 12.8 Å². The second-order valence-corrected chi connectivity index (χ2v) is 6.52. The van der Waals surface area contributed by atoms with E-state index in [1.807, 2.05) is 42.5 Å². The summed E-state index contributed by atoms with van der Waals surface area (Å²) in [6.07, 6.45) is 2.38. The van der Waals surface area contributed by atoms with Gasteiger partial charge >= 0.3 is 0 Å². The topological polar surface area (TPSA) is 51.5 Å². The lowest BCUT2D eigenvalue weighted by atomic mass is 10.0. The van der Waals surface area contributed by atoms with Gasteiger partial charge in [0.2, 0.25) is 0 Å². The number of hydrogen-bond acceptors (Lipinski definition) is 4. The summed E-state index contributed by atoms with van der Waals surface area (Å²) in [7, 11) is 0. The average molecular weight is 335 g/mol. The lowest BCUT2D eigenvalue weighted by Gasteiger charge is -2.22. The quantitative estimate of drug-likeness (QED) is 0.787. The van der Waals surface area contributed by atoms with Crippen LogP contribution in [0.1, 0.15) is 12.8 Å². The van der Waals surface area contributed by atoms with Crippen molar-refractivity contribution < 1.29 is 9.15 Å². The molecule has 1 saturated heterocycles. The van der Waals surface area contributed by atoms with Gasteiger partial charge in [0, 0.05) is 24.1 Å². The molecule has 2 aromatic carbocycles. The Kier molecular flexibility index (Phi) is 4.53. The van der Waals surface area contributed by atoms with Gasteiger partial charge in [0.1, 0.15) is 17.1 Å². The van der Waals surface area contributed by atoms with Crippen molar-refractivity contribution >= 4 is 11.0 Å². The van der Waals surface area contributed by atoms with Gasteiger partial charge in [-0.25, -0.2) is 0 Å². The Hall–Kier alpha value is -2.59. The van der Waals surface area contributed by atoms with Gasteiger partial charge in [-0.3, -0.25) is 4.79 Å². The molecular formula is C21H21NO3. The van der Waals surface area contributed by atoms with Crippen LogP contribution in [0.5, 0.6) is 5.75 Å². The molecule has 4 rings (SSSR count). The fourth-order valence-corrected chi connectivity index (χ4v) is 3.25. The van der Waals surface area contributed by atoms with Gasteiger partial charge in [0.05, 0.1) is 12.0 Å². The van der Waals surface area contributed by atoms with E-state index in [4.69, 9.17) is 9.15 Å². The van der Waals surface area contributed by atoms with Crippen molar-refractivity contribution in [3.8, 4) is 17.1 Å². The maximum atomic E-state index is 12.5. The normalized spacial score (nSPS) is 17.5. The van der Waals surface area contributed by atoms with Crippen LogP contribution in [-0.4, -0.2) is 19.7 Å². The lowest BCUT2D eigenvalue weighted by Crippen LogP contribution is -2.33. The molecular weight excluding hydrogens is 314 g/mol. The van der Waals surface area contributed by atoms with Crippen LogP contribution in [0.15, 0.2) is 63.8 Å². The lowest BCUT2D eigenvalue weighted by molar-refractivity contribution is 0.218. The zero-order chi connectivity index (χ0) is 17.1. The van der Waals surface area contributed by atoms with Crippen LogP contribution in [-0.2, 0) is 0 Å². The number of piperidine rings is 1. The number of nitrogens with one attached hydrogen (secondary N) is 1. The van der Waals surface area contributed by atoms with Crippen molar-refractivity contribution in [2.75, 3.05) is 19.7 Å². The molecule has 1 aromatic heterocycles. The molecule has 1 aliphatic rings. The van der Waals surface area contributed by atoms with Gasteiger partial charge in [-0.05, 0) is 37.6 Å². The van der Waals surface area contributed by atoms with Crippen LogP contribution in [0, 0.1) is 5.92 Å². The van der Waals surface area contributed by atoms with Crippen LogP contribution in [0.3, 0.4) is 0 Å². The van der Waals surface area contributed by atoms with E-state index in [1.54, 1.807) is 12.1 Å². The van der Waals surface area contributed by atoms with Gasteiger partial charge in [0.15, 0.2) is 5.43 Å². The van der Waals surface area contributed by atoms with Crippen molar-refractivity contribution in [2.24, 2.45) is 5.92 Å². The van der Waals surface area contributed by atoms with Gasteiger partial charge in [-0.1, -0.05) is 30.3 Å². The molecule has 1 fully saturated rings. The van der Waals surface area contributed by atoms with Crippen molar-refractivity contribution in [3.63, 3.8) is 0 Å². The van der Waals surface area contributed by atoms with Crippen LogP contribution in [0.25, 0.3) is 22.3 Å². The maximum Gasteiger partial charge on any atom is 0.193 e. The molecule has 2 heterocycles. The molecule has 1 atom stereocenters. The first kappa shape index (κ1) is 15.9. The van der Waals surface area contributed by atoms with Gasteiger partial charge in [-0.15, -0.1) is 0 Å². The number of rotatable bonds is 4. The Morgan fingerprint density at radius 2 is 2.00 bits per heavy atom. The Labute approximate surface area is 146 Å². The molecule has 0 aliphatic carbocycles. The molecule has 0 radical (unpaired) electrons. The van der Waals surface area contributed by atoms with E-state index >= 15 is 0 Å². The van der Waals surface area contributed by atoms with Crippen molar-refractivity contribution in [1.82, 2.24) is 5.32 Å². The number of hydrogen-bond donors (Lipinski definition) is 1. The van der Waals surface area contributed by atoms with Gasteiger partial charge in [0.25, 0.3) is 0 Å². The highest BCUT2D eigenvalue weighted by atomic mass is 16.5. The van der Waals surface area contributed by atoms with E-state index in [0.717, 1.165) is 24.4 Å². The van der Waals surface area contributed by atoms with E-state index in [0.29, 0.717) is 29.3 Å². The largest absolute Gasteiger partial charge is 0.493 e. The van der Waals surface area contributed by atoms with Gasteiger partial charge in [-0.2, -0.15) is 0 Å². The highest BCUT2D eigenvalue weighted by Crippen LogP contribution is 2.25. The molecule has 1 aliphatic heterocycles. The monoisotopic (exact) mass is 335 g/mol. The van der Waals surface area contributed by atoms with Crippen molar-refractivity contribution in [3.05, 3.63) is 64.8 Å². The zero-order valence-corrected chi connectivity index (χ0v) is 14.0. The van der Waals surface area contributed by atoms with Crippen molar-refractivity contribution in [1.29, 1.82) is 0 Å². The maximum absolute atomic E-state index is 12.5. The third-order valence-electron chi connectivity index (χ3n) is 4.64. The standard InChI is InChI=1S/C21H21NO3/c23-19-12-21(16-6-2-1-3-7-16)25-20-9-8-17(11-18(19)20)24-14-15-5-4-10-22-13-15/h1-3,6-9,11-12,15,22H,4-5,10,13-14H2. The molecule has 0 spiro atoms. The number of benzene rings is 2. The summed E-state index contributed by atoms with van der Waals surface area (Å²) >= 11 is 0. The van der Waals surface area contributed by atoms with Crippen LogP contribution < -0.4 is 15.5 Å². The predicted octanol–water partition coefficient (Wildman–Crippen LogP) is 3.84. The molecule has 4 heteroatoms. The summed E-state index contributed by atoms with van der Waals surface area (Å²) in [4.78, 5) is 12.5. The molecule has 128 valence electrons. The average Bonchev–Trinajstić information content (AvgIpc) is 2.68. The minimum Gasteiger partial charge on any atom is -0.493 e. The molecule has 0 bridgehead atoms. The minimum atomic E-state index is -0.0510. The van der Waals surface area contributed by atoms with E-state index in [-0.39, 0.29) is 5.43 Å². The molecule has 25 heavy (non-hydrogen) atoms. The Balaban J connectivity index is 1.58. The van der Waals surface area contributed by atoms with Crippen LogP contribution >= 0.6 is 0 Å². The first-order valence-electron chi connectivity index (χ1n) is 8.76.